The molecule has 0 saturated heterocycles. The van der Waals surface area contributed by atoms with Gasteiger partial charge in [-0.1, -0.05) is 0 Å². The zero-order valence-electron chi connectivity index (χ0n) is 10.2. The Morgan fingerprint density at radius 1 is 1.35 bits per heavy atom. The molecule has 0 aliphatic heterocycles. The largest absolute Gasteiger partial charge is 0.338 e. The topological polar surface area (TPSA) is 55.6 Å². The third kappa shape index (κ3) is 2.88. The van der Waals surface area contributed by atoms with E-state index >= 15 is 0 Å². The van der Waals surface area contributed by atoms with Gasteiger partial charge in [-0.05, 0) is 25.1 Å². The minimum absolute atomic E-state index is 0.294. The summed E-state index contributed by atoms with van der Waals surface area (Å²) in [5.74, 6) is 1.10. The Labute approximate surface area is 101 Å². The van der Waals surface area contributed by atoms with Gasteiger partial charge >= 0.3 is 0 Å². The van der Waals surface area contributed by atoms with Crippen molar-refractivity contribution in [3.63, 3.8) is 0 Å². The molecule has 5 heteroatoms. The lowest BCUT2D eigenvalue weighted by Gasteiger charge is -2.15. The van der Waals surface area contributed by atoms with Crippen LogP contribution in [-0.2, 0) is 13.5 Å². The van der Waals surface area contributed by atoms with E-state index in [0.717, 1.165) is 24.2 Å². The van der Waals surface area contributed by atoms with Crippen molar-refractivity contribution in [1.29, 1.82) is 0 Å². The van der Waals surface area contributed by atoms with Crippen molar-refractivity contribution < 1.29 is 0 Å². The van der Waals surface area contributed by atoms with Gasteiger partial charge in [-0.15, -0.1) is 0 Å². The summed E-state index contributed by atoms with van der Waals surface area (Å²) in [5, 5.41) is 11.0. The van der Waals surface area contributed by atoms with Gasteiger partial charge in [0.25, 0.3) is 0 Å². The molecule has 0 fully saturated rings. The van der Waals surface area contributed by atoms with Crippen LogP contribution in [0.2, 0.25) is 0 Å². The highest BCUT2D eigenvalue weighted by molar-refractivity contribution is 5.11. The van der Waals surface area contributed by atoms with Gasteiger partial charge < -0.3 is 9.88 Å². The first-order valence-electron chi connectivity index (χ1n) is 5.71. The van der Waals surface area contributed by atoms with Crippen molar-refractivity contribution >= 4 is 0 Å². The number of nitrogens with one attached hydrogen (secondary N) is 1. The Kier molecular flexibility index (Phi) is 3.82. The van der Waals surface area contributed by atoms with Crippen molar-refractivity contribution in [2.75, 3.05) is 7.05 Å². The average Bonchev–Trinajstić information content (AvgIpc) is 2.77. The molecule has 0 bridgehead atoms. The van der Waals surface area contributed by atoms with Crippen LogP contribution in [0.15, 0.2) is 30.9 Å². The molecule has 90 valence electrons. The molecule has 0 spiro atoms. The van der Waals surface area contributed by atoms with E-state index in [1.807, 2.05) is 32.6 Å². The Morgan fingerprint density at radius 3 is 2.82 bits per heavy atom. The molecule has 1 N–H and O–H groups in total. The number of hydrogen-bond donors (Lipinski definition) is 1. The van der Waals surface area contributed by atoms with Gasteiger partial charge in [0.1, 0.15) is 5.82 Å². The Hall–Kier alpha value is -1.75. The molecule has 0 radical (unpaired) electrons. The summed E-state index contributed by atoms with van der Waals surface area (Å²) in [4.78, 5) is 4.32. The summed E-state index contributed by atoms with van der Waals surface area (Å²) in [5.41, 5.74) is 1.16. The fraction of sp³-hybridized carbons (Fsp3) is 0.417. The first kappa shape index (κ1) is 11.7. The van der Waals surface area contributed by atoms with Gasteiger partial charge in [0, 0.05) is 38.1 Å². The van der Waals surface area contributed by atoms with Gasteiger partial charge in [0.2, 0.25) is 0 Å². The Balaban J connectivity index is 1.99. The monoisotopic (exact) mass is 231 g/mol. The van der Waals surface area contributed by atoms with Crippen LogP contribution in [0.1, 0.15) is 23.9 Å². The second-order valence-corrected chi connectivity index (χ2v) is 4.01. The predicted octanol–water partition coefficient (Wildman–Crippen LogP) is 1.10. The van der Waals surface area contributed by atoms with E-state index in [0.29, 0.717) is 6.04 Å². The second-order valence-electron chi connectivity index (χ2n) is 4.01. The number of hydrogen-bond acceptors (Lipinski definition) is 4. The normalized spacial score (nSPS) is 12.6. The molecule has 2 aromatic rings. The summed E-state index contributed by atoms with van der Waals surface area (Å²) in [7, 11) is 3.98. The molecule has 17 heavy (non-hydrogen) atoms. The molecule has 0 saturated carbocycles. The fourth-order valence-electron chi connectivity index (χ4n) is 1.90. The highest BCUT2D eigenvalue weighted by Crippen LogP contribution is 2.16. The minimum Gasteiger partial charge on any atom is -0.338 e. The molecule has 2 rings (SSSR count). The Bertz CT molecular complexity index is 451. The maximum atomic E-state index is 4.32. The first-order chi connectivity index (χ1) is 8.31. The van der Waals surface area contributed by atoms with Gasteiger partial charge in [0.15, 0.2) is 0 Å². The lowest BCUT2D eigenvalue weighted by atomic mass is 10.0. The van der Waals surface area contributed by atoms with Gasteiger partial charge in [-0.3, -0.25) is 0 Å². The van der Waals surface area contributed by atoms with Crippen LogP contribution in [0.5, 0.6) is 0 Å². The van der Waals surface area contributed by atoms with Crippen molar-refractivity contribution in [2.24, 2.45) is 7.05 Å². The van der Waals surface area contributed by atoms with Crippen molar-refractivity contribution in [1.82, 2.24) is 25.1 Å². The third-order valence-corrected chi connectivity index (χ3v) is 2.94. The number of aromatic nitrogens is 4. The number of nitrogens with zero attached hydrogens (tertiary/aromatic N) is 4. The van der Waals surface area contributed by atoms with Gasteiger partial charge in [-0.2, -0.15) is 10.2 Å². The molecule has 0 aromatic carbocycles. The average molecular weight is 231 g/mol. The minimum atomic E-state index is 0.294. The summed E-state index contributed by atoms with van der Waals surface area (Å²) < 4.78 is 2.05. The fourth-order valence-corrected chi connectivity index (χ4v) is 1.90. The van der Waals surface area contributed by atoms with Gasteiger partial charge in [0.05, 0.1) is 6.20 Å². The molecule has 0 amide bonds. The molecule has 2 heterocycles. The standard InChI is InChI=1S/C12H17N5/c1-13-11(10-5-6-15-16-9-10)3-4-12-14-7-8-17(12)2/h5-9,11,13H,3-4H2,1-2H3. The maximum Gasteiger partial charge on any atom is 0.108 e. The molecule has 0 aliphatic carbocycles. The van der Waals surface area contributed by atoms with E-state index in [1.54, 1.807) is 12.4 Å². The summed E-state index contributed by atoms with van der Waals surface area (Å²) in [6.07, 6.45) is 9.26. The number of aryl methyl sites for hydroxylation is 2. The van der Waals surface area contributed by atoms with E-state index in [2.05, 4.69) is 25.1 Å². The summed E-state index contributed by atoms with van der Waals surface area (Å²) in [6, 6.07) is 2.29. The van der Waals surface area contributed by atoms with Crippen LogP contribution in [0.4, 0.5) is 0 Å². The molecule has 0 aliphatic rings. The predicted molar refractivity (Wildman–Crippen MR) is 65.4 cm³/mol. The first-order valence-corrected chi connectivity index (χ1v) is 5.71. The Morgan fingerprint density at radius 2 is 2.24 bits per heavy atom. The van der Waals surface area contributed by atoms with E-state index < -0.39 is 0 Å². The molecule has 1 atom stereocenters. The lowest BCUT2D eigenvalue weighted by Crippen LogP contribution is -2.18. The van der Waals surface area contributed by atoms with Crippen LogP contribution < -0.4 is 5.32 Å². The second kappa shape index (κ2) is 5.54. The van der Waals surface area contributed by atoms with Gasteiger partial charge in [-0.25, -0.2) is 4.98 Å². The van der Waals surface area contributed by atoms with Crippen molar-refractivity contribution in [3.05, 3.63) is 42.2 Å². The molecule has 5 nitrogen and oxygen atoms in total. The van der Waals surface area contributed by atoms with Crippen molar-refractivity contribution in [3.8, 4) is 0 Å². The van der Waals surface area contributed by atoms with Crippen LogP contribution >= 0.6 is 0 Å². The van der Waals surface area contributed by atoms with Crippen LogP contribution in [0, 0.1) is 0 Å². The number of imidazole rings is 1. The molecule has 2 aromatic heterocycles. The van der Waals surface area contributed by atoms with Crippen LogP contribution in [0.3, 0.4) is 0 Å². The van der Waals surface area contributed by atoms with Crippen LogP contribution in [0.25, 0.3) is 0 Å². The van der Waals surface area contributed by atoms with E-state index in [1.165, 1.54) is 0 Å². The zero-order chi connectivity index (χ0) is 12.1. The maximum absolute atomic E-state index is 4.32. The summed E-state index contributed by atoms with van der Waals surface area (Å²) in [6.45, 7) is 0. The highest BCUT2D eigenvalue weighted by Gasteiger charge is 2.10. The zero-order valence-corrected chi connectivity index (χ0v) is 10.2. The van der Waals surface area contributed by atoms with Crippen molar-refractivity contribution in [2.45, 2.75) is 18.9 Å². The molecule has 1 unspecified atom stereocenters. The quantitative estimate of drug-likeness (QED) is 0.837. The smallest absolute Gasteiger partial charge is 0.108 e. The number of rotatable bonds is 5. The van der Waals surface area contributed by atoms with E-state index in [-0.39, 0.29) is 0 Å². The van der Waals surface area contributed by atoms with E-state index in [4.69, 9.17) is 0 Å². The van der Waals surface area contributed by atoms with Crippen LogP contribution in [-0.4, -0.2) is 26.8 Å². The lowest BCUT2D eigenvalue weighted by molar-refractivity contribution is 0.533. The molecular weight excluding hydrogens is 214 g/mol. The molecular formula is C12H17N5. The highest BCUT2D eigenvalue weighted by atomic mass is 15.1. The van der Waals surface area contributed by atoms with E-state index in [9.17, 15) is 0 Å². The SMILES string of the molecule is CNC(CCc1nccn1C)c1ccnnc1. The third-order valence-electron chi connectivity index (χ3n) is 2.94. The summed E-state index contributed by atoms with van der Waals surface area (Å²) >= 11 is 0.